The summed E-state index contributed by atoms with van der Waals surface area (Å²) in [6, 6.07) is 5.64. The highest BCUT2D eigenvalue weighted by Crippen LogP contribution is 2.22. The Hall–Kier alpha value is -1.42. The molecule has 0 unspecified atom stereocenters. The van der Waals surface area contributed by atoms with Crippen LogP contribution in [-0.4, -0.2) is 29.9 Å². The van der Waals surface area contributed by atoms with E-state index in [1.807, 2.05) is 6.07 Å². The van der Waals surface area contributed by atoms with Gasteiger partial charge in [0.1, 0.15) is 5.82 Å². The van der Waals surface area contributed by atoms with Crippen LogP contribution in [0.3, 0.4) is 0 Å². The molecule has 1 saturated carbocycles. The van der Waals surface area contributed by atoms with Gasteiger partial charge in [0, 0.05) is 12.6 Å². The lowest BCUT2D eigenvalue weighted by Gasteiger charge is -2.32. The summed E-state index contributed by atoms with van der Waals surface area (Å²) in [5.41, 5.74) is 1.43. The van der Waals surface area contributed by atoms with Gasteiger partial charge in [-0.3, -0.25) is 9.69 Å². The molecule has 1 N–H and O–H groups in total. The van der Waals surface area contributed by atoms with Crippen molar-refractivity contribution in [1.29, 1.82) is 0 Å². The quantitative estimate of drug-likeness (QED) is 0.873. The van der Waals surface area contributed by atoms with Crippen LogP contribution in [0.4, 0.5) is 4.39 Å². The number of aryl methyl sites for hydroxylation is 1. The van der Waals surface area contributed by atoms with Crippen LogP contribution < -0.4 is 5.32 Å². The van der Waals surface area contributed by atoms with Crippen molar-refractivity contribution in [3.05, 3.63) is 35.1 Å². The molecule has 0 radical (unpaired) electrons. The molecule has 3 nitrogen and oxygen atoms in total. The van der Waals surface area contributed by atoms with E-state index in [0.717, 1.165) is 12.1 Å². The fourth-order valence-electron chi connectivity index (χ4n) is 3.13. The Labute approximate surface area is 132 Å². The van der Waals surface area contributed by atoms with Gasteiger partial charge in [-0.05, 0) is 43.5 Å². The number of amides is 1. The number of hydrogen-bond donors (Lipinski definition) is 1. The summed E-state index contributed by atoms with van der Waals surface area (Å²) in [5, 5.41) is 2.90. The number of benzene rings is 1. The zero-order valence-corrected chi connectivity index (χ0v) is 13.7. The van der Waals surface area contributed by atoms with Crippen LogP contribution >= 0.6 is 0 Å². The molecule has 1 fully saturated rings. The second-order valence-electron chi connectivity index (χ2n) is 6.22. The minimum atomic E-state index is -0.218. The van der Waals surface area contributed by atoms with Crippen molar-refractivity contribution in [1.82, 2.24) is 10.2 Å². The molecule has 1 amide bonds. The standard InChI is InChI=1S/C18H27FN2O/c1-3-21(16-7-5-4-6-8-16)13-18(22)20-12-15-10-9-14(2)17(19)11-15/h9-11,16H,3-8,12-13H2,1-2H3,(H,20,22). The first-order valence-corrected chi connectivity index (χ1v) is 8.36. The lowest BCUT2D eigenvalue weighted by atomic mass is 9.94. The summed E-state index contributed by atoms with van der Waals surface area (Å²) in [7, 11) is 0. The molecule has 4 heteroatoms. The van der Waals surface area contributed by atoms with Gasteiger partial charge in [-0.25, -0.2) is 4.39 Å². The Kier molecular flexibility index (Phi) is 6.37. The largest absolute Gasteiger partial charge is 0.351 e. The van der Waals surface area contributed by atoms with Crippen molar-refractivity contribution in [2.75, 3.05) is 13.1 Å². The maximum atomic E-state index is 13.5. The molecule has 1 aliphatic carbocycles. The molecule has 1 aromatic carbocycles. The first-order chi connectivity index (χ1) is 10.6. The van der Waals surface area contributed by atoms with E-state index in [2.05, 4.69) is 17.1 Å². The van der Waals surface area contributed by atoms with Gasteiger partial charge in [0.15, 0.2) is 0 Å². The van der Waals surface area contributed by atoms with Gasteiger partial charge in [0.2, 0.25) is 5.91 Å². The van der Waals surface area contributed by atoms with Gasteiger partial charge in [-0.1, -0.05) is 38.3 Å². The Morgan fingerprint density at radius 1 is 1.32 bits per heavy atom. The molecule has 1 aliphatic rings. The Bertz CT molecular complexity index is 498. The summed E-state index contributed by atoms with van der Waals surface area (Å²) in [4.78, 5) is 14.4. The molecule has 0 saturated heterocycles. The van der Waals surface area contributed by atoms with E-state index < -0.39 is 0 Å². The Balaban J connectivity index is 1.81. The second-order valence-corrected chi connectivity index (χ2v) is 6.22. The number of nitrogens with zero attached hydrogens (tertiary/aromatic N) is 1. The summed E-state index contributed by atoms with van der Waals surface area (Å²) in [6.07, 6.45) is 6.25. The molecule has 2 rings (SSSR count). The van der Waals surface area contributed by atoms with Crippen LogP contribution in [0.1, 0.15) is 50.2 Å². The highest BCUT2D eigenvalue weighted by molar-refractivity contribution is 5.78. The number of nitrogens with one attached hydrogen (secondary N) is 1. The number of rotatable bonds is 6. The van der Waals surface area contributed by atoms with Crippen molar-refractivity contribution in [2.24, 2.45) is 0 Å². The molecule has 0 aromatic heterocycles. The predicted octanol–water partition coefficient (Wildman–Crippen LogP) is 3.40. The minimum Gasteiger partial charge on any atom is -0.351 e. The maximum Gasteiger partial charge on any atom is 0.234 e. The van der Waals surface area contributed by atoms with E-state index in [1.165, 1.54) is 38.2 Å². The predicted molar refractivity (Wildman–Crippen MR) is 87.1 cm³/mol. The average Bonchev–Trinajstić information content (AvgIpc) is 2.54. The number of carbonyl (C=O) groups excluding carboxylic acids is 1. The van der Waals surface area contributed by atoms with E-state index in [-0.39, 0.29) is 11.7 Å². The van der Waals surface area contributed by atoms with Crippen LogP contribution in [-0.2, 0) is 11.3 Å². The van der Waals surface area contributed by atoms with E-state index in [1.54, 1.807) is 13.0 Å². The van der Waals surface area contributed by atoms with Crippen molar-refractivity contribution < 1.29 is 9.18 Å². The SMILES string of the molecule is CCN(CC(=O)NCc1ccc(C)c(F)c1)C1CCCCC1. The normalized spacial score (nSPS) is 16.0. The van der Waals surface area contributed by atoms with Crippen molar-refractivity contribution in [2.45, 2.75) is 58.5 Å². The second kappa shape index (κ2) is 8.28. The zero-order chi connectivity index (χ0) is 15.9. The fourth-order valence-corrected chi connectivity index (χ4v) is 3.13. The maximum absolute atomic E-state index is 13.5. The molecule has 0 aliphatic heterocycles. The van der Waals surface area contributed by atoms with E-state index in [4.69, 9.17) is 0 Å². The average molecular weight is 306 g/mol. The summed E-state index contributed by atoms with van der Waals surface area (Å²) >= 11 is 0. The van der Waals surface area contributed by atoms with E-state index in [9.17, 15) is 9.18 Å². The fraction of sp³-hybridized carbons (Fsp3) is 0.611. The highest BCUT2D eigenvalue weighted by atomic mass is 19.1. The molecule has 0 spiro atoms. The monoisotopic (exact) mass is 306 g/mol. The van der Waals surface area contributed by atoms with Gasteiger partial charge < -0.3 is 5.32 Å². The van der Waals surface area contributed by atoms with Crippen molar-refractivity contribution in [3.8, 4) is 0 Å². The first kappa shape index (κ1) is 16.9. The van der Waals surface area contributed by atoms with Gasteiger partial charge in [0.05, 0.1) is 6.54 Å². The number of carbonyl (C=O) groups is 1. The molecule has 122 valence electrons. The van der Waals surface area contributed by atoms with Gasteiger partial charge in [0.25, 0.3) is 0 Å². The lowest BCUT2D eigenvalue weighted by molar-refractivity contribution is -0.123. The van der Waals surface area contributed by atoms with Crippen LogP contribution in [0.5, 0.6) is 0 Å². The first-order valence-electron chi connectivity index (χ1n) is 8.36. The number of hydrogen-bond acceptors (Lipinski definition) is 2. The number of halogens is 1. The van der Waals surface area contributed by atoms with Gasteiger partial charge in [-0.15, -0.1) is 0 Å². The van der Waals surface area contributed by atoms with E-state index >= 15 is 0 Å². The smallest absolute Gasteiger partial charge is 0.234 e. The third-order valence-electron chi connectivity index (χ3n) is 4.57. The molecule has 1 aromatic rings. The lowest BCUT2D eigenvalue weighted by Crippen LogP contribution is -2.43. The summed E-state index contributed by atoms with van der Waals surface area (Å²) < 4.78 is 13.5. The molecular formula is C18H27FN2O. The topological polar surface area (TPSA) is 32.3 Å². The van der Waals surface area contributed by atoms with Crippen LogP contribution in [0.25, 0.3) is 0 Å². The Morgan fingerprint density at radius 2 is 2.05 bits per heavy atom. The Morgan fingerprint density at radius 3 is 2.68 bits per heavy atom. The number of likely N-dealkylation sites (N-methyl/N-ethyl adjacent to an activating group) is 1. The molecule has 0 atom stereocenters. The molecule has 22 heavy (non-hydrogen) atoms. The third kappa shape index (κ3) is 4.80. The highest BCUT2D eigenvalue weighted by Gasteiger charge is 2.21. The summed E-state index contributed by atoms with van der Waals surface area (Å²) in [5.74, 6) is -0.197. The van der Waals surface area contributed by atoms with Crippen molar-refractivity contribution >= 4 is 5.91 Å². The molecular weight excluding hydrogens is 279 g/mol. The summed E-state index contributed by atoms with van der Waals surface area (Å²) in [6.45, 7) is 5.57. The van der Waals surface area contributed by atoms with Crippen molar-refractivity contribution in [3.63, 3.8) is 0 Å². The van der Waals surface area contributed by atoms with Crippen LogP contribution in [0.15, 0.2) is 18.2 Å². The molecule has 0 bridgehead atoms. The third-order valence-corrected chi connectivity index (χ3v) is 4.57. The van der Waals surface area contributed by atoms with Crippen LogP contribution in [0.2, 0.25) is 0 Å². The zero-order valence-electron chi connectivity index (χ0n) is 13.7. The van der Waals surface area contributed by atoms with Gasteiger partial charge >= 0.3 is 0 Å². The van der Waals surface area contributed by atoms with E-state index in [0.29, 0.717) is 24.7 Å². The van der Waals surface area contributed by atoms with Crippen LogP contribution in [0, 0.1) is 12.7 Å². The molecule has 0 heterocycles. The minimum absolute atomic E-state index is 0.0217. The van der Waals surface area contributed by atoms with Gasteiger partial charge in [-0.2, -0.15) is 0 Å².